The zero-order chi connectivity index (χ0) is 16.9. The second-order valence-corrected chi connectivity index (χ2v) is 6.00. The fourth-order valence-corrected chi connectivity index (χ4v) is 2.66. The van der Waals surface area contributed by atoms with E-state index in [1.807, 2.05) is 30.3 Å². The molecule has 0 aromatic heterocycles. The van der Waals surface area contributed by atoms with E-state index in [2.05, 4.69) is 5.32 Å². The predicted octanol–water partition coefficient (Wildman–Crippen LogP) is 3.02. The molecule has 0 bridgehead atoms. The van der Waals surface area contributed by atoms with E-state index < -0.39 is 6.09 Å². The lowest BCUT2D eigenvalue weighted by atomic mass is 10.1. The number of benzene rings is 2. The van der Waals surface area contributed by atoms with Crippen LogP contribution in [0.2, 0.25) is 5.02 Å². The number of hydrogen-bond acceptors (Lipinski definition) is 3. The van der Waals surface area contributed by atoms with Gasteiger partial charge in [0.15, 0.2) is 0 Å². The maximum Gasteiger partial charge on any atom is 0.414 e. The lowest BCUT2D eigenvalue weighted by Crippen LogP contribution is -2.35. The molecule has 5 nitrogen and oxygen atoms in total. The third-order valence-electron chi connectivity index (χ3n) is 3.75. The Balaban J connectivity index is 1.51. The van der Waals surface area contributed by atoms with E-state index in [1.54, 1.807) is 24.3 Å². The van der Waals surface area contributed by atoms with Crippen molar-refractivity contribution in [1.82, 2.24) is 5.32 Å². The molecule has 3 rings (SSSR count). The standard InChI is InChI=1S/C18H17ClN2O3/c19-14-6-8-15(9-7-14)21-12-16(24-18(21)23)11-20-17(22)10-13-4-2-1-3-5-13/h1-9,16H,10-12H2,(H,20,22). The van der Waals surface area contributed by atoms with Crippen LogP contribution in [0, 0.1) is 0 Å². The Morgan fingerprint density at radius 2 is 1.88 bits per heavy atom. The van der Waals surface area contributed by atoms with E-state index in [0.29, 0.717) is 24.5 Å². The minimum absolute atomic E-state index is 0.0952. The summed E-state index contributed by atoms with van der Waals surface area (Å²) in [4.78, 5) is 25.5. The Morgan fingerprint density at radius 1 is 1.17 bits per heavy atom. The largest absolute Gasteiger partial charge is 0.442 e. The van der Waals surface area contributed by atoms with Gasteiger partial charge in [0.25, 0.3) is 0 Å². The summed E-state index contributed by atoms with van der Waals surface area (Å²) in [6, 6.07) is 16.5. The van der Waals surface area contributed by atoms with Crippen molar-refractivity contribution in [3.8, 4) is 0 Å². The van der Waals surface area contributed by atoms with Gasteiger partial charge in [0.05, 0.1) is 19.5 Å². The summed E-state index contributed by atoms with van der Waals surface area (Å²) < 4.78 is 5.30. The number of nitrogens with one attached hydrogen (secondary N) is 1. The van der Waals surface area contributed by atoms with Crippen LogP contribution < -0.4 is 10.2 Å². The zero-order valence-corrected chi connectivity index (χ0v) is 13.7. The van der Waals surface area contributed by atoms with E-state index in [1.165, 1.54) is 4.90 Å². The van der Waals surface area contributed by atoms with Crippen LogP contribution >= 0.6 is 11.6 Å². The van der Waals surface area contributed by atoms with Gasteiger partial charge in [-0.25, -0.2) is 4.79 Å². The summed E-state index contributed by atoms with van der Waals surface area (Å²) in [5.41, 5.74) is 1.67. The van der Waals surface area contributed by atoms with Crippen LogP contribution in [0.25, 0.3) is 0 Å². The lowest BCUT2D eigenvalue weighted by molar-refractivity contribution is -0.120. The minimum atomic E-state index is -0.417. The summed E-state index contributed by atoms with van der Waals surface area (Å²) in [6.45, 7) is 0.688. The molecule has 1 unspecified atom stereocenters. The van der Waals surface area contributed by atoms with Crippen molar-refractivity contribution in [2.45, 2.75) is 12.5 Å². The van der Waals surface area contributed by atoms with Gasteiger partial charge in [-0.1, -0.05) is 41.9 Å². The van der Waals surface area contributed by atoms with E-state index in [-0.39, 0.29) is 12.0 Å². The maximum absolute atomic E-state index is 12.0. The third-order valence-corrected chi connectivity index (χ3v) is 4.00. The highest BCUT2D eigenvalue weighted by Crippen LogP contribution is 2.23. The number of anilines is 1. The summed E-state index contributed by atoms with van der Waals surface area (Å²) in [5.74, 6) is -0.0952. The van der Waals surface area contributed by atoms with Crippen LogP contribution in [0.4, 0.5) is 10.5 Å². The fourth-order valence-electron chi connectivity index (χ4n) is 2.53. The number of hydrogen-bond donors (Lipinski definition) is 1. The molecule has 1 aliphatic heterocycles. The predicted molar refractivity (Wildman–Crippen MR) is 92.2 cm³/mol. The first-order chi connectivity index (χ1) is 11.6. The third kappa shape index (κ3) is 4.06. The first kappa shape index (κ1) is 16.3. The molecule has 2 amide bonds. The monoisotopic (exact) mass is 344 g/mol. The molecule has 2 aromatic rings. The van der Waals surface area contributed by atoms with Crippen molar-refractivity contribution >= 4 is 29.3 Å². The number of ether oxygens (including phenoxy) is 1. The SMILES string of the molecule is O=C(Cc1ccccc1)NCC1CN(c2ccc(Cl)cc2)C(=O)O1. The molecule has 1 atom stereocenters. The second-order valence-electron chi connectivity index (χ2n) is 5.56. The number of cyclic esters (lactones) is 1. The van der Waals surface area contributed by atoms with E-state index in [9.17, 15) is 9.59 Å². The second kappa shape index (κ2) is 7.36. The number of amides is 2. The molecule has 2 aromatic carbocycles. The van der Waals surface area contributed by atoms with Crippen LogP contribution in [-0.4, -0.2) is 31.2 Å². The van der Waals surface area contributed by atoms with Gasteiger partial charge < -0.3 is 10.1 Å². The van der Waals surface area contributed by atoms with E-state index in [4.69, 9.17) is 16.3 Å². The van der Waals surface area contributed by atoms with Gasteiger partial charge in [0.2, 0.25) is 5.91 Å². The Bertz CT molecular complexity index is 719. The first-order valence-electron chi connectivity index (χ1n) is 7.66. The molecule has 6 heteroatoms. The van der Waals surface area contributed by atoms with Crippen LogP contribution in [0.3, 0.4) is 0 Å². The smallest absolute Gasteiger partial charge is 0.414 e. The highest BCUT2D eigenvalue weighted by Gasteiger charge is 2.32. The van der Waals surface area contributed by atoms with Crippen molar-refractivity contribution in [1.29, 1.82) is 0 Å². The molecule has 1 aliphatic rings. The number of carbonyl (C=O) groups excluding carboxylic acids is 2. The van der Waals surface area contributed by atoms with Crippen molar-refractivity contribution in [3.05, 3.63) is 65.2 Å². The highest BCUT2D eigenvalue weighted by atomic mass is 35.5. The Morgan fingerprint density at radius 3 is 2.58 bits per heavy atom. The zero-order valence-electron chi connectivity index (χ0n) is 12.9. The molecule has 24 heavy (non-hydrogen) atoms. The van der Waals surface area contributed by atoms with Crippen molar-refractivity contribution < 1.29 is 14.3 Å². The number of nitrogens with zero attached hydrogens (tertiary/aromatic N) is 1. The molecule has 0 radical (unpaired) electrons. The van der Waals surface area contributed by atoms with E-state index in [0.717, 1.165) is 11.3 Å². The maximum atomic E-state index is 12.0. The minimum Gasteiger partial charge on any atom is -0.442 e. The summed E-state index contributed by atoms with van der Waals surface area (Å²) in [5, 5.41) is 3.42. The summed E-state index contributed by atoms with van der Waals surface area (Å²) >= 11 is 5.85. The fraction of sp³-hybridized carbons (Fsp3) is 0.222. The molecule has 0 spiro atoms. The summed E-state index contributed by atoms with van der Waals surface area (Å²) in [6.07, 6.45) is -0.477. The van der Waals surface area contributed by atoms with Gasteiger partial charge in [0.1, 0.15) is 6.10 Å². The van der Waals surface area contributed by atoms with Crippen LogP contribution in [-0.2, 0) is 16.0 Å². The molecule has 1 saturated heterocycles. The molecule has 1 N–H and O–H groups in total. The summed E-state index contributed by atoms with van der Waals surface area (Å²) in [7, 11) is 0. The molecule has 124 valence electrons. The average molecular weight is 345 g/mol. The Labute approximate surface area is 145 Å². The van der Waals surface area contributed by atoms with Crippen LogP contribution in [0.5, 0.6) is 0 Å². The Hall–Kier alpha value is -2.53. The molecular formula is C18H17ClN2O3. The van der Waals surface area contributed by atoms with Gasteiger partial charge in [-0.15, -0.1) is 0 Å². The van der Waals surface area contributed by atoms with Gasteiger partial charge in [-0.05, 0) is 29.8 Å². The van der Waals surface area contributed by atoms with Crippen LogP contribution in [0.1, 0.15) is 5.56 Å². The van der Waals surface area contributed by atoms with Crippen molar-refractivity contribution in [2.24, 2.45) is 0 Å². The number of carbonyl (C=O) groups is 2. The lowest BCUT2D eigenvalue weighted by Gasteiger charge is -2.13. The molecule has 1 heterocycles. The number of rotatable bonds is 5. The normalized spacial score (nSPS) is 16.8. The topological polar surface area (TPSA) is 58.6 Å². The van der Waals surface area contributed by atoms with Crippen molar-refractivity contribution in [3.63, 3.8) is 0 Å². The van der Waals surface area contributed by atoms with Gasteiger partial charge in [-0.2, -0.15) is 0 Å². The quantitative estimate of drug-likeness (QED) is 0.907. The average Bonchev–Trinajstić information content (AvgIpc) is 2.95. The van der Waals surface area contributed by atoms with Gasteiger partial charge >= 0.3 is 6.09 Å². The Kier molecular flexibility index (Phi) is 5.01. The van der Waals surface area contributed by atoms with Crippen molar-refractivity contribution in [2.75, 3.05) is 18.0 Å². The van der Waals surface area contributed by atoms with Crippen LogP contribution in [0.15, 0.2) is 54.6 Å². The van der Waals surface area contributed by atoms with Gasteiger partial charge in [-0.3, -0.25) is 9.69 Å². The molecule has 1 fully saturated rings. The first-order valence-corrected chi connectivity index (χ1v) is 8.04. The van der Waals surface area contributed by atoms with Gasteiger partial charge in [0, 0.05) is 10.7 Å². The molecule has 0 saturated carbocycles. The highest BCUT2D eigenvalue weighted by molar-refractivity contribution is 6.30. The number of halogens is 1. The van der Waals surface area contributed by atoms with E-state index >= 15 is 0 Å². The molecular weight excluding hydrogens is 328 g/mol. The molecule has 0 aliphatic carbocycles.